The Labute approximate surface area is 86.2 Å². The number of nitrogens with one attached hydrogen (secondary N) is 2. The van der Waals surface area contributed by atoms with Gasteiger partial charge < -0.3 is 0 Å². The summed E-state index contributed by atoms with van der Waals surface area (Å²) in [5.41, 5.74) is -0.876. The molecular weight excluding hydrogens is 212 g/mol. The third-order valence-electron chi connectivity index (χ3n) is 2.33. The number of H-pyrrole nitrogens is 2. The highest BCUT2D eigenvalue weighted by Crippen LogP contribution is 1.97. The van der Waals surface area contributed by atoms with Gasteiger partial charge in [0.2, 0.25) is 0 Å². The third-order valence-corrected chi connectivity index (χ3v) is 2.33. The van der Waals surface area contributed by atoms with Gasteiger partial charge in [-0.3, -0.25) is 19.8 Å². The second kappa shape index (κ2) is 2.72. The summed E-state index contributed by atoms with van der Waals surface area (Å²) < 4.78 is 0. The van der Waals surface area contributed by atoms with Gasteiger partial charge in [0.25, 0.3) is 11.1 Å². The van der Waals surface area contributed by atoms with E-state index in [1.807, 2.05) is 0 Å². The Morgan fingerprint density at radius 1 is 0.812 bits per heavy atom. The highest BCUT2D eigenvalue weighted by atomic mass is 16.2. The number of fused-ring (bicyclic) bond motifs is 2. The predicted octanol–water partition coefficient (Wildman–Crippen LogP) is -1.41. The Morgan fingerprint density at radius 3 is 1.69 bits per heavy atom. The SMILES string of the molecule is O=C1N=c2cc3c(=O)[nH][nH]c(=O)c3cc2=N1. The quantitative estimate of drug-likeness (QED) is 0.564. The molecule has 2 aromatic rings. The van der Waals surface area contributed by atoms with Crippen LogP contribution in [0.2, 0.25) is 0 Å². The molecule has 7 nitrogen and oxygen atoms in total. The molecule has 0 fully saturated rings. The smallest absolute Gasteiger partial charge is 0.267 e. The molecule has 0 saturated carbocycles. The van der Waals surface area contributed by atoms with Gasteiger partial charge in [-0.25, -0.2) is 4.79 Å². The predicted molar refractivity (Wildman–Crippen MR) is 52.9 cm³/mol. The lowest BCUT2D eigenvalue weighted by Crippen LogP contribution is -2.27. The van der Waals surface area contributed by atoms with E-state index in [4.69, 9.17) is 0 Å². The molecule has 2 amide bonds. The molecule has 0 spiro atoms. The van der Waals surface area contributed by atoms with Crippen molar-refractivity contribution in [3.8, 4) is 0 Å². The molecule has 7 heteroatoms. The number of hydrogen-bond donors (Lipinski definition) is 2. The minimum absolute atomic E-state index is 0.191. The number of hydrogen-bond acceptors (Lipinski definition) is 3. The molecule has 2 N–H and O–H groups in total. The number of carbonyl (C=O) groups excluding carboxylic acids is 1. The summed E-state index contributed by atoms with van der Waals surface area (Å²) >= 11 is 0. The summed E-state index contributed by atoms with van der Waals surface area (Å²) in [6, 6.07) is 2.14. The topological polar surface area (TPSA) is 108 Å². The van der Waals surface area contributed by atoms with Crippen molar-refractivity contribution < 1.29 is 4.79 Å². The number of aromatic amines is 2. The van der Waals surface area contributed by atoms with Gasteiger partial charge in [0.05, 0.1) is 21.5 Å². The third kappa shape index (κ3) is 1.05. The van der Waals surface area contributed by atoms with Crippen LogP contribution in [0, 0.1) is 0 Å². The van der Waals surface area contributed by atoms with E-state index >= 15 is 0 Å². The van der Waals surface area contributed by atoms with Crippen molar-refractivity contribution in [2.45, 2.75) is 0 Å². The first kappa shape index (κ1) is 8.72. The Hall–Kier alpha value is -2.57. The minimum Gasteiger partial charge on any atom is -0.267 e. The zero-order chi connectivity index (χ0) is 11.3. The number of urea groups is 1. The highest BCUT2D eigenvalue weighted by Gasteiger charge is 2.09. The maximum absolute atomic E-state index is 11.4. The van der Waals surface area contributed by atoms with Crippen LogP contribution in [-0.4, -0.2) is 16.2 Å². The minimum atomic E-state index is -0.627. The lowest BCUT2D eigenvalue weighted by atomic mass is 10.2. The largest absolute Gasteiger partial charge is 0.368 e. The van der Waals surface area contributed by atoms with Gasteiger partial charge in [-0.05, 0) is 12.1 Å². The van der Waals surface area contributed by atoms with Crippen LogP contribution in [0.5, 0.6) is 0 Å². The van der Waals surface area contributed by atoms with Crippen LogP contribution in [0.4, 0.5) is 4.79 Å². The van der Waals surface area contributed by atoms with Gasteiger partial charge in [0.1, 0.15) is 0 Å². The fourth-order valence-corrected chi connectivity index (χ4v) is 1.61. The van der Waals surface area contributed by atoms with E-state index in [0.717, 1.165) is 0 Å². The maximum Gasteiger partial charge on any atom is 0.368 e. The second-order valence-corrected chi connectivity index (χ2v) is 3.30. The Kier molecular flexibility index (Phi) is 1.48. The van der Waals surface area contributed by atoms with Crippen molar-refractivity contribution in [3.63, 3.8) is 0 Å². The molecule has 1 aromatic heterocycles. The van der Waals surface area contributed by atoms with Crippen LogP contribution in [0.1, 0.15) is 0 Å². The maximum atomic E-state index is 11.4. The van der Waals surface area contributed by atoms with Gasteiger partial charge in [0.15, 0.2) is 0 Å². The number of nitrogens with zero attached hydrogens (tertiary/aromatic N) is 2. The molecule has 0 aliphatic carbocycles. The van der Waals surface area contributed by atoms with Gasteiger partial charge in [-0.15, -0.1) is 0 Å². The summed E-state index contributed by atoms with van der Waals surface area (Å²) in [4.78, 5) is 41.0. The van der Waals surface area contributed by atoms with Crippen molar-refractivity contribution in [3.05, 3.63) is 43.6 Å². The lowest BCUT2D eigenvalue weighted by molar-refractivity contribution is 0.256. The monoisotopic (exact) mass is 216 g/mol. The van der Waals surface area contributed by atoms with Crippen LogP contribution in [0.3, 0.4) is 0 Å². The fourth-order valence-electron chi connectivity index (χ4n) is 1.61. The van der Waals surface area contributed by atoms with E-state index in [2.05, 4.69) is 20.2 Å². The van der Waals surface area contributed by atoms with Crippen molar-refractivity contribution in [2.24, 2.45) is 9.98 Å². The van der Waals surface area contributed by atoms with Crippen LogP contribution in [-0.2, 0) is 0 Å². The molecule has 3 rings (SSSR count). The van der Waals surface area contributed by atoms with Crippen molar-refractivity contribution >= 4 is 16.8 Å². The molecule has 1 aliphatic heterocycles. The summed E-state index contributed by atoms with van der Waals surface area (Å²) in [6.45, 7) is 0. The summed E-state index contributed by atoms with van der Waals surface area (Å²) in [5, 5.41) is 5.40. The number of rotatable bonds is 0. The summed E-state index contributed by atoms with van der Waals surface area (Å²) in [6.07, 6.45) is 0. The van der Waals surface area contributed by atoms with Crippen LogP contribution in [0.15, 0.2) is 31.7 Å². The van der Waals surface area contributed by atoms with E-state index in [9.17, 15) is 14.4 Å². The fraction of sp³-hybridized carbons (Fsp3) is 0. The molecule has 0 bridgehead atoms. The normalized spacial score (nSPS) is 13.4. The summed E-state index contributed by atoms with van der Waals surface area (Å²) in [7, 11) is 0. The number of amides is 2. The number of carbonyl (C=O) groups is 1. The molecule has 0 saturated heterocycles. The average molecular weight is 216 g/mol. The molecule has 78 valence electrons. The van der Waals surface area contributed by atoms with Crippen molar-refractivity contribution in [2.75, 3.05) is 0 Å². The number of aromatic nitrogens is 2. The van der Waals surface area contributed by atoms with Gasteiger partial charge in [-0.2, -0.15) is 9.98 Å². The van der Waals surface area contributed by atoms with Gasteiger partial charge in [0, 0.05) is 0 Å². The van der Waals surface area contributed by atoms with Crippen LogP contribution >= 0.6 is 0 Å². The number of benzene rings is 1. The Morgan fingerprint density at radius 2 is 1.25 bits per heavy atom. The molecule has 1 aliphatic rings. The first-order valence-electron chi connectivity index (χ1n) is 4.41. The summed E-state index contributed by atoms with van der Waals surface area (Å²) in [5.74, 6) is 0. The van der Waals surface area contributed by atoms with E-state index in [1.54, 1.807) is 0 Å². The first-order chi connectivity index (χ1) is 7.65. The molecule has 2 heterocycles. The van der Waals surface area contributed by atoms with Gasteiger partial charge >= 0.3 is 6.03 Å². The average Bonchev–Trinajstić information content (AvgIpc) is 2.61. The van der Waals surface area contributed by atoms with E-state index < -0.39 is 17.1 Å². The zero-order valence-corrected chi connectivity index (χ0v) is 7.77. The van der Waals surface area contributed by atoms with Gasteiger partial charge in [-0.1, -0.05) is 0 Å². The molecular formula is C9H4N4O3. The molecule has 0 unspecified atom stereocenters. The molecule has 0 radical (unpaired) electrons. The first-order valence-corrected chi connectivity index (χ1v) is 4.41. The lowest BCUT2D eigenvalue weighted by Gasteiger charge is -1.93. The van der Waals surface area contributed by atoms with E-state index in [0.29, 0.717) is 10.7 Å². The molecule has 1 aromatic carbocycles. The van der Waals surface area contributed by atoms with Crippen LogP contribution in [0.25, 0.3) is 10.8 Å². The Bertz CT molecular complexity index is 788. The van der Waals surface area contributed by atoms with Crippen molar-refractivity contribution in [1.29, 1.82) is 0 Å². The van der Waals surface area contributed by atoms with Crippen molar-refractivity contribution in [1.82, 2.24) is 10.2 Å². The second-order valence-electron chi connectivity index (χ2n) is 3.30. The van der Waals surface area contributed by atoms with E-state index in [-0.39, 0.29) is 10.8 Å². The Balaban J connectivity index is 2.69. The highest BCUT2D eigenvalue weighted by molar-refractivity contribution is 5.83. The van der Waals surface area contributed by atoms with E-state index in [1.165, 1.54) is 12.1 Å². The zero-order valence-electron chi connectivity index (χ0n) is 7.77. The van der Waals surface area contributed by atoms with Crippen LogP contribution < -0.4 is 21.8 Å². The molecule has 16 heavy (non-hydrogen) atoms. The molecule has 0 atom stereocenters. The standard InChI is InChI=1S/C9H4N4O3/c14-7-3-1-5-6(11-9(16)10-5)2-4(3)8(15)13-12-7/h1-2H,(H,12,14)(H,13,15).